The van der Waals surface area contributed by atoms with E-state index in [1.165, 1.54) is 0 Å². The Bertz CT molecular complexity index is 857. The molecule has 2 aliphatic heterocycles. The van der Waals surface area contributed by atoms with Crippen LogP contribution in [0.15, 0.2) is 42.5 Å². The Labute approximate surface area is 158 Å². The number of morpholine rings is 1. The molecule has 6 heteroatoms. The maximum Gasteiger partial charge on any atom is 0.255 e. The second-order valence-electron chi connectivity index (χ2n) is 6.86. The van der Waals surface area contributed by atoms with Crippen LogP contribution in [0.5, 0.6) is 0 Å². The first-order valence-electron chi connectivity index (χ1n) is 9.27. The van der Waals surface area contributed by atoms with E-state index >= 15 is 0 Å². The number of rotatable bonds is 3. The van der Waals surface area contributed by atoms with Crippen molar-refractivity contribution in [3.05, 3.63) is 53.6 Å². The largest absolute Gasteiger partial charge is 0.378 e. The predicted molar refractivity (Wildman–Crippen MR) is 106 cm³/mol. The highest BCUT2D eigenvalue weighted by Crippen LogP contribution is 2.29. The SMILES string of the molecule is CC(=O)N1CCc2cc(C(=O)Nc3ccc(N4CCOCC4)cc3)ccc21. The Hall–Kier alpha value is -2.86. The summed E-state index contributed by atoms with van der Waals surface area (Å²) >= 11 is 0. The Balaban J connectivity index is 1.44. The lowest BCUT2D eigenvalue weighted by Gasteiger charge is -2.28. The van der Waals surface area contributed by atoms with Crippen LogP contribution in [0.25, 0.3) is 0 Å². The minimum Gasteiger partial charge on any atom is -0.378 e. The fourth-order valence-electron chi connectivity index (χ4n) is 3.65. The van der Waals surface area contributed by atoms with Crippen molar-refractivity contribution in [3.8, 4) is 0 Å². The fraction of sp³-hybridized carbons (Fsp3) is 0.333. The highest BCUT2D eigenvalue weighted by molar-refractivity contribution is 6.05. The number of hydrogen-bond acceptors (Lipinski definition) is 4. The molecule has 0 unspecified atom stereocenters. The zero-order chi connectivity index (χ0) is 18.8. The average molecular weight is 365 g/mol. The summed E-state index contributed by atoms with van der Waals surface area (Å²) in [7, 11) is 0. The summed E-state index contributed by atoms with van der Waals surface area (Å²) in [4.78, 5) is 28.3. The van der Waals surface area contributed by atoms with Gasteiger partial charge in [-0.3, -0.25) is 9.59 Å². The molecule has 2 aliphatic rings. The minimum absolute atomic E-state index is 0.0336. The third-order valence-corrected chi connectivity index (χ3v) is 5.12. The fourth-order valence-corrected chi connectivity index (χ4v) is 3.65. The van der Waals surface area contributed by atoms with Crippen LogP contribution >= 0.6 is 0 Å². The normalized spacial score (nSPS) is 16.2. The molecule has 0 aromatic heterocycles. The first kappa shape index (κ1) is 17.5. The molecule has 2 heterocycles. The van der Waals surface area contributed by atoms with E-state index in [-0.39, 0.29) is 11.8 Å². The van der Waals surface area contributed by atoms with Gasteiger partial charge in [-0.1, -0.05) is 0 Å². The third-order valence-electron chi connectivity index (χ3n) is 5.12. The first-order valence-corrected chi connectivity index (χ1v) is 9.27. The summed E-state index contributed by atoms with van der Waals surface area (Å²) in [5, 5.41) is 2.95. The summed E-state index contributed by atoms with van der Waals surface area (Å²) in [6.07, 6.45) is 0.782. The Morgan fingerprint density at radius 3 is 2.44 bits per heavy atom. The van der Waals surface area contributed by atoms with Crippen LogP contribution in [0.4, 0.5) is 17.1 Å². The molecule has 1 saturated heterocycles. The molecule has 0 spiro atoms. The maximum absolute atomic E-state index is 12.6. The molecule has 1 fully saturated rings. The molecule has 2 aromatic rings. The van der Waals surface area contributed by atoms with Gasteiger partial charge >= 0.3 is 0 Å². The van der Waals surface area contributed by atoms with Gasteiger partial charge in [-0.05, 0) is 54.4 Å². The van der Waals surface area contributed by atoms with Crippen LogP contribution in [-0.4, -0.2) is 44.7 Å². The van der Waals surface area contributed by atoms with Crippen molar-refractivity contribution in [1.29, 1.82) is 0 Å². The van der Waals surface area contributed by atoms with E-state index in [0.29, 0.717) is 12.1 Å². The molecule has 0 atom stereocenters. The monoisotopic (exact) mass is 365 g/mol. The van der Waals surface area contributed by atoms with Crippen LogP contribution in [0.1, 0.15) is 22.8 Å². The molecule has 27 heavy (non-hydrogen) atoms. The van der Waals surface area contributed by atoms with Crippen molar-refractivity contribution < 1.29 is 14.3 Å². The number of ether oxygens (including phenoxy) is 1. The lowest BCUT2D eigenvalue weighted by Crippen LogP contribution is -2.36. The zero-order valence-electron chi connectivity index (χ0n) is 15.4. The third kappa shape index (κ3) is 3.66. The molecule has 140 valence electrons. The summed E-state index contributed by atoms with van der Waals surface area (Å²) < 4.78 is 5.38. The quantitative estimate of drug-likeness (QED) is 0.908. The van der Waals surface area contributed by atoms with Crippen molar-refractivity contribution >= 4 is 28.9 Å². The molecule has 2 aromatic carbocycles. The van der Waals surface area contributed by atoms with E-state index in [1.54, 1.807) is 17.9 Å². The first-order chi connectivity index (χ1) is 13.1. The van der Waals surface area contributed by atoms with Gasteiger partial charge in [-0.25, -0.2) is 0 Å². The number of anilines is 3. The van der Waals surface area contributed by atoms with Gasteiger partial charge in [0.05, 0.1) is 13.2 Å². The lowest BCUT2D eigenvalue weighted by molar-refractivity contribution is -0.116. The van der Waals surface area contributed by atoms with Crippen molar-refractivity contribution in [3.63, 3.8) is 0 Å². The molecular weight excluding hydrogens is 342 g/mol. The highest BCUT2D eigenvalue weighted by Gasteiger charge is 2.23. The molecule has 2 amide bonds. The number of hydrogen-bond donors (Lipinski definition) is 1. The van der Waals surface area contributed by atoms with E-state index in [2.05, 4.69) is 10.2 Å². The van der Waals surface area contributed by atoms with E-state index in [9.17, 15) is 9.59 Å². The molecular formula is C21H23N3O3. The molecule has 6 nitrogen and oxygen atoms in total. The Morgan fingerprint density at radius 2 is 1.74 bits per heavy atom. The van der Waals surface area contributed by atoms with Gasteiger partial charge in [0.25, 0.3) is 5.91 Å². The second-order valence-corrected chi connectivity index (χ2v) is 6.86. The number of benzene rings is 2. The lowest BCUT2D eigenvalue weighted by atomic mass is 10.1. The van der Waals surface area contributed by atoms with Gasteiger partial charge in [-0.2, -0.15) is 0 Å². The van der Waals surface area contributed by atoms with E-state index in [1.807, 2.05) is 36.4 Å². The van der Waals surface area contributed by atoms with Crippen molar-refractivity contribution in [1.82, 2.24) is 0 Å². The highest BCUT2D eigenvalue weighted by atomic mass is 16.5. The zero-order valence-corrected chi connectivity index (χ0v) is 15.4. The van der Waals surface area contributed by atoms with Crippen molar-refractivity contribution in [2.75, 3.05) is 48.0 Å². The smallest absolute Gasteiger partial charge is 0.255 e. The number of fused-ring (bicyclic) bond motifs is 1. The Morgan fingerprint density at radius 1 is 1.00 bits per heavy atom. The minimum atomic E-state index is -0.141. The van der Waals surface area contributed by atoms with Crippen LogP contribution in [0, 0.1) is 0 Å². The topological polar surface area (TPSA) is 61.9 Å². The van der Waals surface area contributed by atoms with Gasteiger partial charge in [0.2, 0.25) is 5.91 Å². The number of nitrogens with zero attached hydrogens (tertiary/aromatic N) is 2. The van der Waals surface area contributed by atoms with Gasteiger partial charge in [0.15, 0.2) is 0 Å². The molecule has 4 rings (SSSR count). The van der Waals surface area contributed by atoms with E-state index in [4.69, 9.17) is 4.74 Å². The van der Waals surface area contributed by atoms with Crippen LogP contribution in [0.3, 0.4) is 0 Å². The summed E-state index contributed by atoms with van der Waals surface area (Å²) in [5.74, 6) is -0.107. The average Bonchev–Trinajstić information content (AvgIpc) is 3.13. The summed E-state index contributed by atoms with van der Waals surface area (Å²) in [6, 6.07) is 13.4. The van der Waals surface area contributed by atoms with Crippen molar-refractivity contribution in [2.45, 2.75) is 13.3 Å². The van der Waals surface area contributed by atoms with Gasteiger partial charge in [0.1, 0.15) is 0 Å². The summed E-state index contributed by atoms with van der Waals surface area (Å²) in [6.45, 7) is 5.51. The van der Waals surface area contributed by atoms with Gasteiger partial charge in [0, 0.05) is 49.2 Å². The van der Waals surface area contributed by atoms with E-state index < -0.39 is 0 Å². The Kier molecular flexibility index (Phi) is 4.81. The van der Waals surface area contributed by atoms with Crippen LogP contribution in [-0.2, 0) is 16.0 Å². The molecule has 0 aliphatic carbocycles. The molecule has 0 bridgehead atoms. The van der Waals surface area contributed by atoms with Crippen LogP contribution in [0.2, 0.25) is 0 Å². The van der Waals surface area contributed by atoms with E-state index in [0.717, 1.165) is 55.3 Å². The molecule has 0 radical (unpaired) electrons. The van der Waals surface area contributed by atoms with Gasteiger partial charge in [-0.15, -0.1) is 0 Å². The second kappa shape index (κ2) is 7.40. The van der Waals surface area contributed by atoms with Crippen molar-refractivity contribution in [2.24, 2.45) is 0 Å². The standard InChI is InChI=1S/C21H23N3O3/c1-15(25)24-9-8-16-14-17(2-7-20(16)24)21(26)22-18-3-5-19(6-4-18)23-10-12-27-13-11-23/h2-7,14H,8-13H2,1H3,(H,22,26). The molecule has 1 N–H and O–H groups in total. The molecule has 0 saturated carbocycles. The number of carbonyl (C=O) groups is 2. The number of amides is 2. The number of carbonyl (C=O) groups excluding carboxylic acids is 2. The predicted octanol–water partition coefficient (Wildman–Crippen LogP) is 2.68. The number of nitrogens with one attached hydrogen (secondary N) is 1. The van der Waals surface area contributed by atoms with Gasteiger partial charge < -0.3 is 19.9 Å². The van der Waals surface area contributed by atoms with Crippen LogP contribution < -0.4 is 15.1 Å². The maximum atomic E-state index is 12.6. The summed E-state index contributed by atoms with van der Waals surface area (Å²) in [5.41, 5.74) is 4.46.